The van der Waals surface area contributed by atoms with E-state index in [4.69, 9.17) is 11.5 Å². The van der Waals surface area contributed by atoms with E-state index < -0.39 is 23.8 Å². The molecule has 0 unspecified atom stereocenters. The number of nitrogens with zero attached hydrogens (tertiary/aromatic N) is 3. The Labute approximate surface area is 144 Å². The molecule has 9 nitrogen and oxygen atoms in total. The molecular formula is C16H22N6O3. The molecule has 9 heteroatoms. The molecule has 0 saturated carbocycles. The van der Waals surface area contributed by atoms with Crippen molar-refractivity contribution in [2.45, 2.75) is 39.7 Å². The van der Waals surface area contributed by atoms with Crippen molar-refractivity contribution >= 4 is 23.4 Å². The predicted octanol–water partition coefficient (Wildman–Crippen LogP) is 0.238. The van der Waals surface area contributed by atoms with E-state index in [-0.39, 0.29) is 22.3 Å². The molecule has 2 aromatic heterocycles. The summed E-state index contributed by atoms with van der Waals surface area (Å²) in [5.41, 5.74) is 11.1. The van der Waals surface area contributed by atoms with Crippen molar-refractivity contribution in [3.8, 4) is 0 Å². The van der Waals surface area contributed by atoms with Gasteiger partial charge in [-0.3, -0.25) is 14.4 Å². The molecule has 0 aliphatic carbocycles. The SMILES string of the molecule is CC(C)(C)CC[C@@H](NC(=O)c1ccnc2c(C(N)=O)cnn12)C(N)=O. The van der Waals surface area contributed by atoms with Gasteiger partial charge in [0.25, 0.3) is 11.8 Å². The maximum Gasteiger partial charge on any atom is 0.270 e. The lowest BCUT2D eigenvalue weighted by atomic mass is 9.88. The summed E-state index contributed by atoms with van der Waals surface area (Å²) in [7, 11) is 0. The summed E-state index contributed by atoms with van der Waals surface area (Å²) in [5.74, 6) is -1.84. The number of primary amides is 2. The highest BCUT2D eigenvalue weighted by Crippen LogP contribution is 2.21. The summed E-state index contributed by atoms with van der Waals surface area (Å²) in [6.45, 7) is 6.11. The summed E-state index contributed by atoms with van der Waals surface area (Å²) in [6.07, 6.45) is 3.74. The van der Waals surface area contributed by atoms with Crippen molar-refractivity contribution in [3.05, 3.63) is 29.7 Å². The van der Waals surface area contributed by atoms with Gasteiger partial charge in [0.15, 0.2) is 5.65 Å². The summed E-state index contributed by atoms with van der Waals surface area (Å²) in [4.78, 5) is 39.6. The minimum Gasteiger partial charge on any atom is -0.368 e. The Bertz CT molecular complexity index is 821. The third-order valence-corrected chi connectivity index (χ3v) is 3.73. The Hall–Kier alpha value is -2.97. The van der Waals surface area contributed by atoms with Gasteiger partial charge < -0.3 is 16.8 Å². The minimum absolute atomic E-state index is 0.000728. The third-order valence-electron chi connectivity index (χ3n) is 3.73. The van der Waals surface area contributed by atoms with Gasteiger partial charge >= 0.3 is 0 Å². The first-order valence-corrected chi connectivity index (χ1v) is 7.83. The van der Waals surface area contributed by atoms with E-state index in [1.807, 2.05) is 20.8 Å². The summed E-state index contributed by atoms with van der Waals surface area (Å²) < 4.78 is 1.21. The van der Waals surface area contributed by atoms with Gasteiger partial charge in [-0.1, -0.05) is 20.8 Å². The van der Waals surface area contributed by atoms with E-state index >= 15 is 0 Å². The van der Waals surface area contributed by atoms with Crippen LogP contribution in [0.15, 0.2) is 18.5 Å². The van der Waals surface area contributed by atoms with Gasteiger partial charge in [-0.25, -0.2) is 9.50 Å². The third kappa shape index (κ3) is 4.31. The standard InChI is InChI=1S/C16H22N6O3/c1-16(2,3)6-4-10(13(18)24)21-15(25)11-5-7-19-14-9(12(17)23)8-20-22(11)14/h5,7-8,10H,4,6H2,1-3H3,(H2,17,23)(H2,18,24)(H,21,25)/t10-/m1/s1. The van der Waals surface area contributed by atoms with E-state index in [2.05, 4.69) is 15.4 Å². The van der Waals surface area contributed by atoms with Gasteiger partial charge in [0, 0.05) is 6.20 Å². The molecular weight excluding hydrogens is 324 g/mol. The lowest BCUT2D eigenvalue weighted by Gasteiger charge is -2.22. The normalized spacial score (nSPS) is 12.8. The van der Waals surface area contributed by atoms with E-state index in [1.54, 1.807) is 0 Å². The second-order valence-corrected chi connectivity index (χ2v) is 7.02. The van der Waals surface area contributed by atoms with Crippen molar-refractivity contribution in [1.29, 1.82) is 0 Å². The lowest BCUT2D eigenvalue weighted by molar-refractivity contribution is -0.120. The van der Waals surface area contributed by atoms with Crippen LogP contribution in [-0.4, -0.2) is 38.4 Å². The van der Waals surface area contributed by atoms with Crippen LogP contribution < -0.4 is 16.8 Å². The Balaban J connectivity index is 2.26. The van der Waals surface area contributed by atoms with Crippen LogP contribution in [0.1, 0.15) is 54.5 Å². The number of rotatable bonds is 6. The first-order chi connectivity index (χ1) is 11.6. The molecule has 0 aliphatic heterocycles. The first-order valence-electron chi connectivity index (χ1n) is 7.83. The van der Waals surface area contributed by atoms with E-state index in [0.29, 0.717) is 12.8 Å². The van der Waals surface area contributed by atoms with Crippen LogP contribution in [0.25, 0.3) is 5.65 Å². The molecule has 0 radical (unpaired) electrons. The average Bonchev–Trinajstić information content (AvgIpc) is 2.93. The van der Waals surface area contributed by atoms with Crippen LogP contribution in [0.4, 0.5) is 0 Å². The highest BCUT2D eigenvalue weighted by Gasteiger charge is 2.24. The molecule has 0 spiro atoms. The summed E-state index contributed by atoms with van der Waals surface area (Å²) >= 11 is 0. The molecule has 1 atom stereocenters. The molecule has 0 bridgehead atoms. The molecule has 2 rings (SSSR count). The van der Waals surface area contributed by atoms with Gasteiger partial charge in [-0.2, -0.15) is 5.10 Å². The predicted molar refractivity (Wildman–Crippen MR) is 90.6 cm³/mol. The van der Waals surface area contributed by atoms with Gasteiger partial charge in [0.1, 0.15) is 17.3 Å². The molecule has 5 N–H and O–H groups in total. The van der Waals surface area contributed by atoms with Crippen molar-refractivity contribution < 1.29 is 14.4 Å². The van der Waals surface area contributed by atoms with E-state index in [1.165, 1.54) is 23.0 Å². The number of fused-ring (bicyclic) bond motifs is 1. The number of nitrogens with two attached hydrogens (primary N) is 2. The van der Waals surface area contributed by atoms with Crippen LogP contribution in [-0.2, 0) is 4.79 Å². The number of amides is 3. The Morgan fingerprint density at radius 1 is 1.28 bits per heavy atom. The zero-order valence-corrected chi connectivity index (χ0v) is 14.4. The molecule has 3 amide bonds. The molecule has 0 aliphatic rings. The second-order valence-electron chi connectivity index (χ2n) is 7.02. The van der Waals surface area contributed by atoms with E-state index in [0.717, 1.165) is 0 Å². The molecule has 134 valence electrons. The average molecular weight is 346 g/mol. The summed E-state index contributed by atoms with van der Waals surface area (Å²) in [6, 6.07) is 0.628. The zero-order chi connectivity index (χ0) is 18.8. The van der Waals surface area contributed by atoms with Gasteiger partial charge in [0.05, 0.1) is 6.20 Å². The Kier molecular flexibility index (Phi) is 5.05. The molecule has 0 fully saturated rings. The van der Waals surface area contributed by atoms with Crippen molar-refractivity contribution in [1.82, 2.24) is 19.9 Å². The van der Waals surface area contributed by atoms with Gasteiger partial charge in [-0.05, 0) is 24.3 Å². The summed E-state index contributed by atoms with van der Waals surface area (Å²) in [5, 5.41) is 6.59. The van der Waals surface area contributed by atoms with Crippen LogP contribution in [0, 0.1) is 5.41 Å². The topological polar surface area (TPSA) is 145 Å². The Morgan fingerprint density at radius 3 is 2.52 bits per heavy atom. The number of nitrogens with one attached hydrogen (secondary N) is 1. The highest BCUT2D eigenvalue weighted by atomic mass is 16.2. The fourth-order valence-corrected chi connectivity index (χ4v) is 2.33. The fraction of sp³-hybridized carbons (Fsp3) is 0.438. The molecule has 0 saturated heterocycles. The smallest absolute Gasteiger partial charge is 0.270 e. The van der Waals surface area contributed by atoms with Crippen LogP contribution in [0.3, 0.4) is 0 Å². The highest BCUT2D eigenvalue weighted by molar-refractivity contribution is 6.00. The quantitative estimate of drug-likeness (QED) is 0.686. The van der Waals surface area contributed by atoms with Crippen LogP contribution in [0.2, 0.25) is 0 Å². The zero-order valence-electron chi connectivity index (χ0n) is 14.4. The van der Waals surface area contributed by atoms with Crippen molar-refractivity contribution in [3.63, 3.8) is 0 Å². The van der Waals surface area contributed by atoms with Crippen molar-refractivity contribution in [2.24, 2.45) is 16.9 Å². The lowest BCUT2D eigenvalue weighted by Crippen LogP contribution is -2.45. The fourth-order valence-electron chi connectivity index (χ4n) is 2.33. The van der Waals surface area contributed by atoms with Gasteiger partial charge in [-0.15, -0.1) is 0 Å². The molecule has 2 heterocycles. The first kappa shape index (κ1) is 18.4. The van der Waals surface area contributed by atoms with Crippen molar-refractivity contribution in [2.75, 3.05) is 0 Å². The largest absolute Gasteiger partial charge is 0.368 e. The van der Waals surface area contributed by atoms with Crippen LogP contribution >= 0.6 is 0 Å². The number of hydrogen-bond donors (Lipinski definition) is 3. The maximum absolute atomic E-state index is 12.6. The number of carbonyl (C=O) groups is 3. The van der Waals surface area contributed by atoms with Crippen LogP contribution in [0.5, 0.6) is 0 Å². The number of carbonyl (C=O) groups excluding carboxylic acids is 3. The maximum atomic E-state index is 12.6. The number of aromatic nitrogens is 3. The number of hydrogen-bond acceptors (Lipinski definition) is 5. The Morgan fingerprint density at radius 2 is 1.96 bits per heavy atom. The van der Waals surface area contributed by atoms with Gasteiger partial charge in [0.2, 0.25) is 5.91 Å². The molecule has 2 aromatic rings. The molecule has 25 heavy (non-hydrogen) atoms. The monoisotopic (exact) mass is 346 g/mol. The molecule has 0 aromatic carbocycles. The second kappa shape index (κ2) is 6.88. The minimum atomic E-state index is -0.805. The van der Waals surface area contributed by atoms with E-state index in [9.17, 15) is 14.4 Å².